The van der Waals surface area contributed by atoms with Crippen molar-refractivity contribution < 1.29 is 18.0 Å². The van der Waals surface area contributed by atoms with Crippen LogP contribution in [0.25, 0.3) is 22.0 Å². The van der Waals surface area contributed by atoms with Gasteiger partial charge in [0.05, 0.1) is 4.90 Å². The van der Waals surface area contributed by atoms with Crippen molar-refractivity contribution in [2.24, 2.45) is 7.05 Å². The standard InChI is InChI=1S/C23H19ClN4O5S/c1-13(29)26-15-5-3-6-16(12-15)34(32,33)27-23(31)21-20(17-7-4-10-25-22(17)30)18-11-14(24)8-9-19(18)28(21)2/h3-12H,1-2H3,(H,25,30)(H,26,29)(H,27,31). The maximum Gasteiger partial charge on any atom is 0.282 e. The van der Waals surface area contributed by atoms with Crippen LogP contribution in [0.2, 0.25) is 5.02 Å². The lowest BCUT2D eigenvalue weighted by atomic mass is 10.0. The molecule has 0 saturated heterocycles. The van der Waals surface area contributed by atoms with Crippen molar-refractivity contribution in [3.05, 3.63) is 81.9 Å². The number of anilines is 1. The molecule has 4 aromatic rings. The Labute approximate surface area is 199 Å². The molecule has 0 aliphatic rings. The minimum atomic E-state index is -4.31. The second-order valence-electron chi connectivity index (χ2n) is 7.50. The number of rotatable bonds is 5. The summed E-state index contributed by atoms with van der Waals surface area (Å²) in [5.41, 5.74) is 0.800. The number of halogens is 1. The molecule has 0 spiro atoms. The van der Waals surface area contributed by atoms with Gasteiger partial charge in [-0.25, -0.2) is 13.1 Å². The molecule has 2 aromatic carbocycles. The number of benzene rings is 2. The predicted octanol–water partition coefficient (Wildman–Crippen LogP) is 3.26. The van der Waals surface area contributed by atoms with Gasteiger partial charge >= 0.3 is 0 Å². The van der Waals surface area contributed by atoms with E-state index in [1.165, 1.54) is 48.0 Å². The molecule has 0 bridgehead atoms. The Kier molecular flexibility index (Phi) is 6.03. The van der Waals surface area contributed by atoms with Crippen LogP contribution in [0, 0.1) is 0 Å². The van der Waals surface area contributed by atoms with E-state index in [4.69, 9.17) is 11.6 Å². The smallest absolute Gasteiger partial charge is 0.282 e. The van der Waals surface area contributed by atoms with E-state index in [9.17, 15) is 22.8 Å². The minimum absolute atomic E-state index is 0.0319. The summed E-state index contributed by atoms with van der Waals surface area (Å²) in [5.74, 6) is -1.30. The molecule has 0 atom stereocenters. The van der Waals surface area contributed by atoms with Crippen LogP contribution in [0.3, 0.4) is 0 Å². The van der Waals surface area contributed by atoms with Gasteiger partial charge in [-0.3, -0.25) is 14.4 Å². The number of H-pyrrole nitrogens is 1. The third-order valence-corrected chi connectivity index (χ3v) is 6.72. The molecule has 0 radical (unpaired) electrons. The number of aromatic nitrogens is 2. The Morgan fingerprint density at radius 3 is 2.53 bits per heavy atom. The Morgan fingerprint density at radius 2 is 1.82 bits per heavy atom. The highest BCUT2D eigenvalue weighted by Gasteiger charge is 2.27. The van der Waals surface area contributed by atoms with E-state index in [1.54, 1.807) is 31.3 Å². The molecule has 174 valence electrons. The van der Waals surface area contributed by atoms with Gasteiger partial charge in [-0.2, -0.15) is 0 Å². The van der Waals surface area contributed by atoms with Crippen LogP contribution < -0.4 is 15.6 Å². The van der Waals surface area contributed by atoms with Crippen LogP contribution in [0.1, 0.15) is 17.4 Å². The maximum absolute atomic E-state index is 13.4. The number of hydrogen-bond acceptors (Lipinski definition) is 5. The van der Waals surface area contributed by atoms with Crippen molar-refractivity contribution in [2.45, 2.75) is 11.8 Å². The van der Waals surface area contributed by atoms with Gasteiger partial charge in [-0.1, -0.05) is 17.7 Å². The van der Waals surface area contributed by atoms with E-state index in [-0.39, 0.29) is 33.3 Å². The summed E-state index contributed by atoms with van der Waals surface area (Å²) in [6.45, 7) is 1.29. The normalized spacial score (nSPS) is 11.4. The van der Waals surface area contributed by atoms with Gasteiger partial charge in [0.2, 0.25) is 5.91 Å². The van der Waals surface area contributed by atoms with Crippen molar-refractivity contribution in [3.8, 4) is 11.1 Å². The molecule has 2 aromatic heterocycles. The quantitative estimate of drug-likeness (QED) is 0.389. The SMILES string of the molecule is CC(=O)Nc1cccc(S(=O)(=O)NC(=O)c2c(-c3ccc[nH]c3=O)c3cc(Cl)ccc3n2C)c1. The zero-order valence-electron chi connectivity index (χ0n) is 18.0. The topological polar surface area (TPSA) is 130 Å². The van der Waals surface area contributed by atoms with Gasteiger partial charge in [-0.05, 0) is 48.5 Å². The molecule has 11 heteroatoms. The second kappa shape index (κ2) is 8.81. The number of pyridine rings is 1. The molecule has 0 aliphatic carbocycles. The summed E-state index contributed by atoms with van der Waals surface area (Å²) in [6.07, 6.45) is 1.45. The van der Waals surface area contributed by atoms with Crippen molar-refractivity contribution >= 4 is 50.0 Å². The lowest BCUT2D eigenvalue weighted by molar-refractivity contribution is -0.114. The number of amides is 2. The lowest BCUT2D eigenvalue weighted by Gasteiger charge is -2.11. The molecule has 3 N–H and O–H groups in total. The maximum atomic E-state index is 13.4. The number of nitrogens with zero attached hydrogens (tertiary/aromatic N) is 1. The summed E-state index contributed by atoms with van der Waals surface area (Å²) in [6, 6.07) is 13.6. The fraction of sp³-hybridized carbons (Fsp3) is 0.0870. The first-order chi connectivity index (χ1) is 16.1. The number of fused-ring (bicyclic) bond motifs is 1. The summed E-state index contributed by atoms with van der Waals surface area (Å²) in [4.78, 5) is 39.6. The predicted molar refractivity (Wildman–Crippen MR) is 129 cm³/mol. The minimum Gasteiger partial charge on any atom is -0.339 e. The zero-order valence-corrected chi connectivity index (χ0v) is 19.6. The second-order valence-corrected chi connectivity index (χ2v) is 9.62. The fourth-order valence-electron chi connectivity index (χ4n) is 3.75. The van der Waals surface area contributed by atoms with Gasteiger partial charge in [0.25, 0.3) is 21.5 Å². The Morgan fingerprint density at radius 1 is 1.06 bits per heavy atom. The molecule has 9 nitrogen and oxygen atoms in total. The van der Waals surface area contributed by atoms with Crippen LogP contribution in [0.4, 0.5) is 5.69 Å². The van der Waals surface area contributed by atoms with Crippen LogP contribution in [0.15, 0.2) is 70.5 Å². The molecule has 34 heavy (non-hydrogen) atoms. The van der Waals surface area contributed by atoms with Crippen LogP contribution in [-0.2, 0) is 21.9 Å². The molecule has 0 aliphatic heterocycles. The van der Waals surface area contributed by atoms with Gasteiger partial charge in [0, 0.05) is 52.9 Å². The monoisotopic (exact) mass is 498 g/mol. The van der Waals surface area contributed by atoms with E-state index < -0.39 is 21.5 Å². The fourth-order valence-corrected chi connectivity index (χ4v) is 4.92. The number of carbonyl (C=O) groups is 2. The van der Waals surface area contributed by atoms with E-state index in [0.717, 1.165) is 0 Å². The molecule has 0 saturated carbocycles. The number of hydrogen-bond donors (Lipinski definition) is 3. The summed E-state index contributed by atoms with van der Waals surface area (Å²) in [7, 11) is -2.72. The molecule has 2 amide bonds. The third kappa shape index (κ3) is 4.33. The Balaban J connectivity index is 1.84. The van der Waals surface area contributed by atoms with Gasteiger partial charge < -0.3 is 14.9 Å². The largest absolute Gasteiger partial charge is 0.339 e. The van der Waals surface area contributed by atoms with E-state index in [0.29, 0.717) is 15.9 Å². The van der Waals surface area contributed by atoms with Crippen LogP contribution in [-0.4, -0.2) is 29.8 Å². The van der Waals surface area contributed by atoms with Crippen molar-refractivity contribution in [1.29, 1.82) is 0 Å². The van der Waals surface area contributed by atoms with E-state index in [1.807, 2.05) is 0 Å². The number of sulfonamides is 1. The van der Waals surface area contributed by atoms with Crippen molar-refractivity contribution in [2.75, 3.05) is 5.32 Å². The van der Waals surface area contributed by atoms with Gasteiger partial charge in [0.1, 0.15) is 5.69 Å². The van der Waals surface area contributed by atoms with Gasteiger partial charge in [-0.15, -0.1) is 0 Å². The average molecular weight is 499 g/mol. The Hall–Kier alpha value is -3.89. The first-order valence-electron chi connectivity index (χ1n) is 9.99. The number of carbonyl (C=O) groups excluding carboxylic acids is 2. The van der Waals surface area contributed by atoms with Crippen molar-refractivity contribution in [3.63, 3.8) is 0 Å². The third-order valence-electron chi connectivity index (χ3n) is 5.16. The Bertz CT molecular complexity index is 1620. The molecule has 4 rings (SSSR count). The lowest BCUT2D eigenvalue weighted by Crippen LogP contribution is -2.32. The first-order valence-corrected chi connectivity index (χ1v) is 11.9. The highest BCUT2D eigenvalue weighted by molar-refractivity contribution is 7.90. The van der Waals surface area contributed by atoms with E-state index >= 15 is 0 Å². The number of aryl methyl sites for hydroxylation is 1. The highest BCUT2D eigenvalue weighted by atomic mass is 35.5. The number of nitrogens with one attached hydrogen (secondary N) is 3. The summed E-state index contributed by atoms with van der Waals surface area (Å²) in [5, 5.41) is 3.41. The first kappa shape index (κ1) is 23.3. The number of aromatic amines is 1. The molecular formula is C23H19ClN4O5S. The zero-order chi connectivity index (χ0) is 24.6. The molecule has 0 fully saturated rings. The van der Waals surface area contributed by atoms with Crippen molar-refractivity contribution in [1.82, 2.24) is 14.3 Å². The molecular weight excluding hydrogens is 480 g/mol. The molecule has 2 heterocycles. The summed E-state index contributed by atoms with van der Waals surface area (Å²) < 4.78 is 29.6. The van der Waals surface area contributed by atoms with Crippen LogP contribution in [0.5, 0.6) is 0 Å². The van der Waals surface area contributed by atoms with E-state index in [2.05, 4.69) is 15.0 Å². The summed E-state index contributed by atoms with van der Waals surface area (Å²) >= 11 is 6.17. The molecule has 0 unspecified atom stereocenters. The van der Waals surface area contributed by atoms with Crippen LogP contribution >= 0.6 is 11.6 Å². The highest BCUT2D eigenvalue weighted by Crippen LogP contribution is 2.34. The van der Waals surface area contributed by atoms with Gasteiger partial charge in [0.15, 0.2) is 0 Å². The average Bonchev–Trinajstić information content (AvgIpc) is 3.05.